The van der Waals surface area contributed by atoms with Crippen LogP contribution in [0.2, 0.25) is 0 Å². The Kier molecular flexibility index (Phi) is 43.1. The van der Waals surface area contributed by atoms with Crippen molar-refractivity contribution in [2.45, 2.75) is 312 Å². The summed E-state index contributed by atoms with van der Waals surface area (Å²) in [5, 5.41) is 87.0. The van der Waals surface area contributed by atoms with Crippen LogP contribution in [-0.2, 0) is 23.7 Å². The van der Waals surface area contributed by atoms with Gasteiger partial charge in [-0.2, -0.15) is 0 Å². The summed E-state index contributed by atoms with van der Waals surface area (Å²) in [6, 6.07) is -0.937. The summed E-state index contributed by atoms with van der Waals surface area (Å²) in [6.07, 6.45) is 41.6. The van der Waals surface area contributed by atoms with Crippen molar-refractivity contribution in [2.75, 3.05) is 19.8 Å². The summed E-state index contributed by atoms with van der Waals surface area (Å²) in [4.78, 5) is 13.2. The van der Waals surface area contributed by atoms with E-state index in [0.717, 1.165) is 44.9 Å². The van der Waals surface area contributed by atoms with Crippen molar-refractivity contribution in [1.29, 1.82) is 0 Å². The number of ether oxygens (including phenoxy) is 4. The fraction of sp³-hybridized carbons (Fsp3) is 0.852. The third-order valence-corrected chi connectivity index (χ3v) is 14.7. The van der Waals surface area contributed by atoms with Crippen LogP contribution in [0.25, 0.3) is 0 Å². The van der Waals surface area contributed by atoms with Gasteiger partial charge in [0.05, 0.1) is 32.0 Å². The molecule has 2 heterocycles. The van der Waals surface area contributed by atoms with Crippen molar-refractivity contribution in [3.05, 3.63) is 48.6 Å². The van der Waals surface area contributed by atoms with Crippen LogP contribution < -0.4 is 5.32 Å². The second kappa shape index (κ2) is 46.8. The van der Waals surface area contributed by atoms with E-state index in [2.05, 4.69) is 55.6 Å². The first-order valence-corrected chi connectivity index (χ1v) is 30.4. The van der Waals surface area contributed by atoms with Gasteiger partial charge in [-0.05, 0) is 70.6 Å². The first kappa shape index (κ1) is 69.1. The second-order valence-electron chi connectivity index (χ2n) is 21.5. The van der Waals surface area contributed by atoms with Crippen molar-refractivity contribution in [3.8, 4) is 0 Å². The number of carbonyl (C=O) groups excluding carboxylic acids is 1. The molecule has 2 aliphatic rings. The van der Waals surface area contributed by atoms with Gasteiger partial charge in [-0.15, -0.1) is 0 Å². The molecule has 0 spiro atoms. The Balaban J connectivity index is 1.71. The molecule has 2 fully saturated rings. The third-order valence-electron chi connectivity index (χ3n) is 14.7. The molecule has 438 valence electrons. The van der Waals surface area contributed by atoms with Crippen LogP contribution in [0.3, 0.4) is 0 Å². The van der Waals surface area contributed by atoms with Gasteiger partial charge in [-0.25, -0.2) is 0 Å². The molecular weight excluding hydrogens is 955 g/mol. The average molecular weight is 1070 g/mol. The number of carbonyl (C=O) groups is 1. The fourth-order valence-electron chi connectivity index (χ4n) is 9.79. The van der Waals surface area contributed by atoms with Crippen LogP contribution in [0.4, 0.5) is 0 Å². The Morgan fingerprint density at radius 2 is 0.853 bits per heavy atom. The normalized spacial score (nSPS) is 25.4. The third kappa shape index (κ3) is 32.6. The fourth-order valence-corrected chi connectivity index (χ4v) is 9.79. The van der Waals surface area contributed by atoms with E-state index >= 15 is 0 Å². The van der Waals surface area contributed by atoms with Crippen molar-refractivity contribution >= 4 is 5.91 Å². The highest BCUT2D eigenvalue weighted by Gasteiger charge is 2.51. The van der Waals surface area contributed by atoms with E-state index in [9.17, 15) is 45.6 Å². The number of allylic oxidation sites excluding steroid dienone is 7. The number of aliphatic hydroxyl groups excluding tert-OH is 8. The highest BCUT2D eigenvalue weighted by Crippen LogP contribution is 2.30. The predicted octanol–water partition coefficient (Wildman–Crippen LogP) is 10.4. The standard InChI is InChI=1S/C61H111NO13/c1-3-5-7-9-11-13-15-17-19-20-21-22-23-24-25-26-27-28-29-30-31-33-35-37-39-41-43-45-53(66)62-49(50(65)44-42-40-38-36-34-32-18-16-14-12-10-8-6-4-2)48-72-60-58(71)56(69)59(52(47-64)74-60)75-61-57(70)55(68)54(67)51(46-63)73-61/h14,16,20-21,34,36,42,44,49-52,54-61,63-65,67-71H,3-13,15,17-19,22-33,35,37-41,43,45-48H2,1-2H3,(H,62,66)/b16-14+,21-20-,36-34+,44-42+. The highest BCUT2D eigenvalue weighted by atomic mass is 16.7. The molecule has 0 bridgehead atoms. The molecule has 9 N–H and O–H groups in total. The molecule has 2 aliphatic heterocycles. The number of rotatable bonds is 48. The maximum Gasteiger partial charge on any atom is 0.220 e. The second-order valence-corrected chi connectivity index (χ2v) is 21.5. The van der Waals surface area contributed by atoms with E-state index < -0.39 is 86.8 Å². The summed E-state index contributed by atoms with van der Waals surface area (Å²) in [6.45, 7) is 2.75. The van der Waals surface area contributed by atoms with Gasteiger partial charge in [0, 0.05) is 6.42 Å². The topological polar surface area (TPSA) is 228 Å². The molecule has 0 aromatic carbocycles. The molecular formula is C61H111NO13. The number of amides is 1. The first-order chi connectivity index (χ1) is 36.6. The Morgan fingerprint density at radius 1 is 0.467 bits per heavy atom. The number of aliphatic hydroxyl groups is 8. The molecule has 0 aromatic rings. The van der Waals surface area contributed by atoms with Crippen molar-refractivity contribution in [1.82, 2.24) is 5.32 Å². The number of hydrogen-bond acceptors (Lipinski definition) is 13. The van der Waals surface area contributed by atoms with Gasteiger partial charge in [0.15, 0.2) is 12.6 Å². The molecule has 0 aromatic heterocycles. The molecule has 12 atom stereocenters. The van der Waals surface area contributed by atoms with Gasteiger partial charge in [0.2, 0.25) is 5.91 Å². The van der Waals surface area contributed by atoms with Gasteiger partial charge < -0.3 is 65.1 Å². The predicted molar refractivity (Wildman–Crippen MR) is 300 cm³/mol. The maximum atomic E-state index is 13.2. The molecule has 2 rings (SSSR count). The highest BCUT2D eigenvalue weighted by molar-refractivity contribution is 5.76. The smallest absolute Gasteiger partial charge is 0.220 e. The lowest BCUT2D eigenvalue weighted by Crippen LogP contribution is -2.65. The monoisotopic (exact) mass is 1070 g/mol. The zero-order chi connectivity index (χ0) is 54.6. The number of hydrogen-bond donors (Lipinski definition) is 9. The van der Waals surface area contributed by atoms with Crippen LogP contribution in [0.15, 0.2) is 48.6 Å². The van der Waals surface area contributed by atoms with Gasteiger partial charge in [0.25, 0.3) is 0 Å². The van der Waals surface area contributed by atoms with Crippen LogP contribution in [-0.4, -0.2) is 140 Å². The molecule has 2 saturated heterocycles. The lowest BCUT2D eigenvalue weighted by Gasteiger charge is -2.46. The van der Waals surface area contributed by atoms with Crippen molar-refractivity contribution in [3.63, 3.8) is 0 Å². The molecule has 12 unspecified atom stereocenters. The summed E-state index contributed by atoms with van der Waals surface area (Å²) < 4.78 is 22.7. The number of unbranched alkanes of at least 4 members (excludes halogenated alkanes) is 29. The molecule has 14 heteroatoms. The van der Waals surface area contributed by atoms with E-state index in [4.69, 9.17) is 18.9 Å². The maximum absolute atomic E-state index is 13.2. The Morgan fingerprint density at radius 3 is 1.32 bits per heavy atom. The molecule has 14 nitrogen and oxygen atoms in total. The minimum atomic E-state index is -1.79. The van der Waals surface area contributed by atoms with E-state index in [1.807, 2.05) is 6.08 Å². The molecule has 75 heavy (non-hydrogen) atoms. The summed E-state index contributed by atoms with van der Waals surface area (Å²) in [5.41, 5.74) is 0. The minimum Gasteiger partial charge on any atom is -0.394 e. The minimum absolute atomic E-state index is 0.253. The van der Waals surface area contributed by atoms with Crippen LogP contribution in [0.5, 0.6) is 0 Å². The van der Waals surface area contributed by atoms with Crippen LogP contribution in [0.1, 0.15) is 239 Å². The zero-order valence-electron chi connectivity index (χ0n) is 47.0. The molecule has 0 aliphatic carbocycles. The quantitative estimate of drug-likeness (QED) is 0.0204. The van der Waals surface area contributed by atoms with E-state index in [-0.39, 0.29) is 18.9 Å². The van der Waals surface area contributed by atoms with Gasteiger partial charge in [-0.3, -0.25) is 4.79 Å². The van der Waals surface area contributed by atoms with Crippen molar-refractivity contribution in [2.24, 2.45) is 0 Å². The van der Waals surface area contributed by atoms with Crippen LogP contribution in [0, 0.1) is 0 Å². The Labute approximate surface area is 454 Å². The van der Waals surface area contributed by atoms with Crippen molar-refractivity contribution < 1.29 is 64.6 Å². The lowest BCUT2D eigenvalue weighted by molar-refractivity contribution is -0.359. The Bertz CT molecular complexity index is 1440. The average Bonchev–Trinajstić information content (AvgIpc) is 3.41. The first-order valence-electron chi connectivity index (χ1n) is 30.4. The van der Waals surface area contributed by atoms with Crippen LogP contribution >= 0.6 is 0 Å². The van der Waals surface area contributed by atoms with Gasteiger partial charge >= 0.3 is 0 Å². The molecule has 0 saturated carbocycles. The zero-order valence-corrected chi connectivity index (χ0v) is 47.0. The summed E-state index contributed by atoms with van der Waals surface area (Å²) in [5.74, 6) is -0.253. The molecule has 0 radical (unpaired) electrons. The Hall–Kier alpha value is -2.05. The molecule has 1 amide bonds. The van der Waals surface area contributed by atoms with Gasteiger partial charge in [-0.1, -0.05) is 210 Å². The van der Waals surface area contributed by atoms with E-state index in [1.54, 1.807) is 6.08 Å². The largest absolute Gasteiger partial charge is 0.394 e. The van der Waals surface area contributed by atoms with Gasteiger partial charge in [0.1, 0.15) is 48.8 Å². The van der Waals surface area contributed by atoms with E-state index in [1.165, 1.54) is 161 Å². The van der Waals surface area contributed by atoms with E-state index in [0.29, 0.717) is 12.8 Å². The summed E-state index contributed by atoms with van der Waals surface area (Å²) in [7, 11) is 0. The summed E-state index contributed by atoms with van der Waals surface area (Å²) >= 11 is 0. The SMILES string of the molecule is CCCCCC/C=C/CC/C=C/CC/C=C/C(O)C(COC1OC(CO)C(OC2OC(CO)C(O)C(O)C2O)C(O)C1O)NC(=O)CCCCCCCCCCCCCCCCC/C=C\CCCCCCCCCC. The number of nitrogens with one attached hydrogen (secondary N) is 1. The lowest BCUT2D eigenvalue weighted by atomic mass is 9.97.